The van der Waals surface area contributed by atoms with Gasteiger partial charge in [0.15, 0.2) is 11.5 Å². The average Bonchev–Trinajstić information content (AvgIpc) is 2.51. The molecule has 4 nitrogen and oxygen atoms in total. The van der Waals surface area contributed by atoms with Gasteiger partial charge in [-0.25, -0.2) is 0 Å². The topological polar surface area (TPSA) is 51.5 Å². The number of methoxy groups -OCH3 is 1. The summed E-state index contributed by atoms with van der Waals surface area (Å²) < 4.78 is 16.4. The molecule has 0 N–H and O–H groups in total. The van der Waals surface area contributed by atoms with Gasteiger partial charge in [-0.05, 0) is 36.8 Å². The lowest BCUT2D eigenvalue weighted by Crippen LogP contribution is -2.09. The predicted octanol–water partition coefficient (Wildman–Crippen LogP) is 3.33. The Balaban J connectivity index is 1.87. The number of nitrogens with zero attached hydrogens (tertiary/aromatic N) is 1. The lowest BCUT2D eigenvalue weighted by atomic mass is 10.2. The third-order valence-corrected chi connectivity index (χ3v) is 2.89. The molecule has 0 fully saturated rings. The van der Waals surface area contributed by atoms with Crippen LogP contribution in [0.3, 0.4) is 0 Å². The third kappa shape index (κ3) is 4.15. The Morgan fingerprint density at radius 2 is 1.81 bits per heavy atom. The van der Waals surface area contributed by atoms with Crippen LogP contribution in [0, 0.1) is 18.3 Å². The van der Waals surface area contributed by atoms with Gasteiger partial charge < -0.3 is 14.2 Å². The summed E-state index contributed by atoms with van der Waals surface area (Å²) in [5, 5.41) is 8.84. The van der Waals surface area contributed by atoms with Crippen molar-refractivity contribution in [2.75, 3.05) is 20.3 Å². The average molecular weight is 283 g/mol. The van der Waals surface area contributed by atoms with Gasteiger partial charge in [0.1, 0.15) is 19.0 Å². The van der Waals surface area contributed by atoms with Crippen LogP contribution in [0.2, 0.25) is 0 Å². The molecule has 0 unspecified atom stereocenters. The highest BCUT2D eigenvalue weighted by Crippen LogP contribution is 2.27. The van der Waals surface area contributed by atoms with Gasteiger partial charge in [-0.1, -0.05) is 12.1 Å². The molecule has 0 amide bonds. The molecule has 0 aliphatic carbocycles. The van der Waals surface area contributed by atoms with Gasteiger partial charge in [0.25, 0.3) is 0 Å². The second kappa shape index (κ2) is 7.20. The molecular formula is C17H17NO3. The van der Waals surface area contributed by atoms with Crippen molar-refractivity contribution in [2.45, 2.75) is 6.92 Å². The molecule has 21 heavy (non-hydrogen) atoms. The van der Waals surface area contributed by atoms with E-state index < -0.39 is 0 Å². The Morgan fingerprint density at radius 1 is 1.00 bits per heavy atom. The smallest absolute Gasteiger partial charge is 0.162 e. The standard InChI is InChI=1S/C17H17NO3/c1-13-4-3-5-15(10-13)20-8-9-21-16-7-6-14(12-18)11-17(16)19-2/h3-7,10-11H,8-9H2,1-2H3. The van der Waals surface area contributed by atoms with E-state index in [-0.39, 0.29) is 0 Å². The van der Waals surface area contributed by atoms with E-state index >= 15 is 0 Å². The van der Waals surface area contributed by atoms with Crippen LogP contribution in [0.4, 0.5) is 0 Å². The number of rotatable bonds is 6. The molecule has 2 aromatic rings. The first-order valence-electron chi connectivity index (χ1n) is 6.63. The molecule has 0 aliphatic rings. The van der Waals surface area contributed by atoms with E-state index in [4.69, 9.17) is 19.5 Å². The maximum Gasteiger partial charge on any atom is 0.162 e. The summed E-state index contributed by atoms with van der Waals surface area (Å²) in [6, 6.07) is 15.0. The molecule has 0 atom stereocenters. The molecule has 0 bridgehead atoms. The van der Waals surface area contributed by atoms with Crippen molar-refractivity contribution in [1.82, 2.24) is 0 Å². The Bertz CT molecular complexity index is 647. The molecular weight excluding hydrogens is 266 g/mol. The van der Waals surface area contributed by atoms with Crippen LogP contribution in [-0.2, 0) is 0 Å². The minimum atomic E-state index is 0.399. The summed E-state index contributed by atoms with van der Waals surface area (Å²) in [5.41, 5.74) is 1.69. The number of hydrogen-bond acceptors (Lipinski definition) is 4. The molecule has 0 aliphatic heterocycles. The number of ether oxygens (including phenoxy) is 3. The zero-order valence-electron chi connectivity index (χ0n) is 12.1. The summed E-state index contributed by atoms with van der Waals surface area (Å²) in [6.07, 6.45) is 0. The molecule has 0 radical (unpaired) electrons. The maximum absolute atomic E-state index is 8.84. The minimum absolute atomic E-state index is 0.399. The lowest BCUT2D eigenvalue weighted by Gasteiger charge is -2.11. The molecule has 0 heterocycles. The fourth-order valence-electron chi connectivity index (χ4n) is 1.87. The lowest BCUT2D eigenvalue weighted by molar-refractivity contribution is 0.211. The predicted molar refractivity (Wildman–Crippen MR) is 79.9 cm³/mol. The van der Waals surface area contributed by atoms with Crippen LogP contribution in [0.5, 0.6) is 17.2 Å². The van der Waals surface area contributed by atoms with Crippen molar-refractivity contribution in [3.05, 3.63) is 53.6 Å². The second-order valence-corrected chi connectivity index (χ2v) is 4.49. The molecule has 2 aromatic carbocycles. The van der Waals surface area contributed by atoms with Crippen molar-refractivity contribution in [1.29, 1.82) is 5.26 Å². The van der Waals surface area contributed by atoms with Gasteiger partial charge in [0, 0.05) is 6.07 Å². The fraction of sp³-hybridized carbons (Fsp3) is 0.235. The molecule has 0 saturated carbocycles. The summed E-state index contributed by atoms with van der Waals surface area (Å²) in [6.45, 7) is 2.85. The van der Waals surface area contributed by atoms with E-state index in [0.717, 1.165) is 11.3 Å². The highest BCUT2D eigenvalue weighted by Gasteiger charge is 2.05. The summed E-state index contributed by atoms with van der Waals surface area (Å²) in [5.74, 6) is 1.97. The Labute approximate surface area is 124 Å². The number of nitriles is 1. The maximum atomic E-state index is 8.84. The van der Waals surface area contributed by atoms with Gasteiger partial charge >= 0.3 is 0 Å². The summed E-state index contributed by atoms with van der Waals surface area (Å²) in [4.78, 5) is 0. The largest absolute Gasteiger partial charge is 0.493 e. The van der Waals surface area contributed by atoms with Crippen molar-refractivity contribution >= 4 is 0 Å². The molecule has 108 valence electrons. The quantitative estimate of drug-likeness (QED) is 0.763. The highest BCUT2D eigenvalue weighted by atomic mass is 16.5. The van der Waals surface area contributed by atoms with Gasteiger partial charge in [-0.3, -0.25) is 0 Å². The van der Waals surface area contributed by atoms with Crippen molar-refractivity contribution < 1.29 is 14.2 Å². The Kier molecular flexibility index (Phi) is 5.05. The number of aryl methyl sites for hydroxylation is 1. The van der Waals surface area contributed by atoms with E-state index in [1.165, 1.54) is 0 Å². The first-order chi connectivity index (χ1) is 10.2. The van der Waals surface area contributed by atoms with Crippen LogP contribution in [0.1, 0.15) is 11.1 Å². The fourth-order valence-corrected chi connectivity index (χ4v) is 1.87. The monoisotopic (exact) mass is 283 g/mol. The Morgan fingerprint density at radius 3 is 2.52 bits per heavy atom. The normalized spacial score (nSPS) is 9.76. The van der Waals surface area contributed by atoms with Gasteiger partial charge in [0.05, 0.1) is 18.7 Å². The van der Waals surface area contributed by atoms with Crippen LogP contribution < -0.4 is 14.2 Å². The Hall–Kier alpha value is -2.67. The van der Waals surface area contributed by atoms with E-state index in [2.05, 4.69) is 6.07 Å². The molecule has 4 heteroatoms. The summed E-state index contributed by atoms with van der Waals surface area (Å²) in [7, 11) is 1.55. The number of benzene rings is 2. The second-order valence-electron chi connectivity index (χ2n) is 4.49. The summed E-state index contributed by atoms with van der Waals surface area (Å²) >= 11 is 0. The van der Waals surface area contributed by atoms with Crippen LogP contribution in [0.15, 0.2) is 42.5 Å². The van der Waals surface area contributed by atoms with Crippen molar-refractivity contribution in [2.24, 2.45) is 0 Å². The molecule has 0 spiro atoms. The first kappa shape index (κ1) is 14.7. The minimum Gasteiger partial charge on any atom is -0.493 e. The first-order valence-corrected chi connectivity index (χ1v) is 6.63. The van der Waals surface area contributed by atoms with E-state index in [1.807, 2.05) is 31.2 Å². The SMILES string of the molecule is COc1cc(C#N)ccc1OCCOc1cccc(C)c1. The molecule has 2 rings (SSSR count). The zero-order valence-corrected chi connectivity index (χ0v) is 12.1. The van der Waals surface area contributed by atoms with Crippen LogP contribution >= 0.6 is 0 Å². The van der Waals surface area contributed by atoms with Crippen LogP contribution in [-0.4, -0.2) is 20.3 Å². The van der Waals surface area contributed by atoms with Gasteiger partial charge in [0.2, 0.25) is 0 Å². The molecule has 0 saturated heterocycles. The van der Waals surface area contributed by atoms with Crippen LogP contribution in [0.25, 0.3) is 0 Å². The number of hydrogen-bond donors (Lipinski definition) is 0. The van der Waals surface area contributed by atoms with E-state index in [1.54, 1.807) is 25.3 Å². The van der Waals surface area contributed by atoms with E-state index in [9.17, 15) is 0 Å². The third-order valence-electron chi connectivity index (χ3n) is 2.89. The van der Waals surface area contributed by atoms with Crippen molar-refractivity contribution in [3.8, 4) is 23.3 Å². The van der Waals surface area contributed by atoms with Gasteiger partial charge in [-0.15, -0.1) is 0 Å². The van der Waals surface area contributed by atoms with Crippen molar-refractivity contribution in [3.63, 3.8) is 0 Å². The van der Waals surface area contributed by atoms with Gasteiger partial charge in [-0.2, -0.15) is 5.26 Å². The molecule has 0 aromatic heterocycles. The zero-order chi connectivity index (χ0) is 15.1. The van der Waals surface area contributed by atoms with E-state index in [0.29, 0.717) is 30.3 Å². The highest BCUT2D eigenvalue weighted by molar-refractivity contribution is 5.46.